The summed E-state index contributed by atoms with van der Waals surface area (Å²) in [5.41, 5.74) is 1.47. The van der Waals surface area contributed by atoms with E-state index in [0.29, 0.717) is 28.8 Å². The van der Waals surface area contributed by atoms with Crippen molar-refractivity contribution in [3.8, 4) is 0 Å². The average Bonchev–Trinajstić information content (AvgIpc) is 3.15. The number of hydrogen-bond acceptors (Lipinski definition) is 6. The van der Waals surface area contributed by atoms with Gasteiger partial charge >= 0.3 is 0 Å². The monoisotopic (exact) mass is 502 g/mol. The maximum absolute atomic E-state index is 13.9. The average molecular weight is 503 g/mol. The summed E-state index contributed by atoms with van der Waals surface area (Å²) in [4.78, 5) is 33.5. The number of Topliss-reactive ketones (excluding diaryl/α,β-unsaturated/α-hetero) is 1. The number of nitrogens with zero attached hydrogens (tertiary/aromatic N) is 2. The van der Waals surface area contributed by atoms with Crippen molar-refractivity contribution in [3.05, 3.63) is 55.6 Å². The van der Waals surface area contributed by atoms with E-state index >= 15 is 0 Å². The molecule has 2 aliphatic rings. The highest BCUT2D eigenvalue weighted by molar-refractivity contribution is 7.99. The molecule has 0 atom stereocenters. The van der Waals surface area contributed by atoms with Crippen LogP contribution in [0.2, 0.25) is 5.02 Å². The zero-order chi connectivity index (χ0) is 23.2. The largest absolute Gasteiger partial charge is 0.370 e. The van der Waals surface area contributed by atoms with E-state index in [0.717, 1.165) is 46.3 Å². The molecule has 0 radical (unpaired) electrons. The first-order valence-corrected chi connectivity index (χ1v) is 13.6. The molecule has 0 N–H and O–H groups in total. The molecule has 174 valence electrons. The van der Waals surface area contributed by atoms with Crippen LogP contribution in [0, 0.1) is 0 Å². The van der Waals surface area contributed by atoms with E-state index < -0.39 is 0 Å². The predicted molar refractivity (Wildman–Crippen MR) is 135 cm³/mol. The summed E-state index contributed by atoms with van der Waals surface area (Å²) in [6.07, 6.45) is 6.11. The fraction of sp³-hybridized carbons (Fsp3) is 0.480. The highest BCUT2D eigenvalue weighted by Crippen LogP contribution is 2.39. The van der Waals surface area contributed by atoms with Crippen molar-refractivity contribution < 1.29 is 9.53 Å². The molecule has 2 aromatic heterocycles. The van der Waals surface area contributed by atoms with Crippen LogP contribution in [0.5, 0.6) is 0 Å². The molecule has 1 fully saturated rings. The number of ketones is 1. The van der Waals surface area contributed by atoms with Gasteiger partial charge < -0.3 is 4.74 Å². The Bertz CT molecular complexity index is 1260. The Labute approximate surface area is 206 Å². The first kappa shape index (κ1) is 23.1. The number of thioether (sulfide) groups is 1. The molecule has 1 aromatic carbocycles. The molecular formula is C25H27ClN2O3S2. The van der Waals surface area contributed by atoms with Crippen LogP contribution in [-0.4, -0.2) is 26.7 Å². The Hall–Kier alpha value is -1.67. The quantitative estimate of drug-likeness (QED) is 0.228. The van der Waals surface area contributed by atoms with Crippen molar-refractivity contribution in [2.45, 2.75) is 75.8 Å². The Morgan fingerprint density at radius 3 is 2.70 bits per heavy atom. The fourth-order valence-corrected chi connectivity index (χ4v) is 7.03. The van der Waals surface area contributed by atoms with Crippen LogP contribution in [0.15, 0.2) is 34.2 Å². The number of benzene rings is 1. The highest BCUT2D eigenvalue weighted by Gasteiger charge is 2.32. The molecule has 0 spiro atoms. The lowest BCUT2D eigenvalue weighted by atomic mass is 9.93. The van der Waals surface area contributed by atoms with Crippen LogP contribution < -0.4 is 5.56 Å². The zero-order valence-corrected chi connectivity index (χ0v) is 21.2. The van der Waals surface area contributed by atoms with E-state index in [9.17, 15) is 9.59 Å². The lowest BCUT2D eigenvalue weighted by Crippen LogP contribution is -2.33. The summed E-state index contributed by atoms with van der Waals surface area (Å²) in [5, 5.41) is 2.01. The topological polar surface area (TPSA) is 61.2 Å². The Morgan fingerprint density at radius 2 is 1.97 bits per heavy atom. The van der Waals surface area contributed by atoms with E-state index in [1.807, 2.05) is 4.57 Å². The minimum absolute atomic E-state index is 0.00169. The Balaban J connectivity index is 1.54. The molecule has 1 saturated carbocycles. The maximum Gasteiger partial charge on any atom is 0.263 e. The minimum atomic E-state index is -0.290. The standard InChI is InChI=1S/C25H27ClN2O3S2/c1-25(2)12-18-20(13-31-25)33-22-21(18)23(30)28(17-6-4-3-5-7-17)24(27-22)32-14-19(29)15-8-10-16(26)11-9-15/h8-11,17H,3-7,12-14H2,1-2H3. The normalized spacial score (nSPS) is 18.4. The second-order valence-corrected chi connectivity index (χ2v) is 12.0. The minimum Gasteiger partial charge on any atom is -0.370 e. The molecule has 3 aromatic rings. The van der Waals surface area contributed by atoms with E-state index in [4.69, 9.17) is 21.3 Å². The number of thiophene rings is 1. The molecule has 5 nitrogen and oxygen atoms in total. The molecule has 8 heteroatoms. The smallest absolute Gasteiger partial charge is 0.263 e. The Morgan fingerprint density at radius 1 is 1.24 bits per heavy atom. The molecule has 5 rings (SSSR count). The van der Waals surface area contributed by atoms with Gasteiger partial charge in [0, 0.05) is 27.9 Å². The van der Waals surface area contributed by atoms with E-state index in [-0.39, 0.29) is 28.7 Å². The van der Waals surface area contributed by atoms with E-state index in [2.05, 4.69) is 13.8 Å². The van der Waals surface area contributed by atoms with Gasteiger partial charge in [-0.1, -0.05) is 42.6 Å². The van der Waals surface area contributed by atoms with Gasteiger partial charge in [-0.25, -0.2) is 4.98 Å². The molecule has 1 aliphatic carbocycles. The van der Waals surface area contributed by atoms with E-state index in [1.165, 1.54) is 18.2 Å². The van der Waals surface area contributed by atoms with Gasteiger partial charge in [0.2, 0.25) is 0 Å². The second kappa shape index (κ2) is 9.17. The summed E-state index contributed by atoms with van der Waals surface area (Å²) in [6, 6.07) is 7.07. The number of carbonyl (C=O) groups is 1. The number of aromatic nitrogens is 2. The van der Waals surface area contributed by atoms with Crippen LogP contribution in [0.3, 0.4) is 0 Å². The zero-order valence-electron chi connectivity index (χ0n) is 18.9. The molecule has 0 amide bonds. The van der Waals surface area contributed by atoms with Gasteiger partial charge in [0.15, 0.2) is 10.9 Å². The summed E-state index contributed by atoms with van der Waals surface area (Å²) in [6.45, 7) is 4.65. The fourth-order valence-electron chi connectivity index (χ4n) is 4.80. The second-order valence-electron chi connectivity index (χ2n) is 9.49. The number of fused-ring (bicyclic) bond motifs is 3. The molecule has 0 unspecified atom stereocenters. The first-order chi connectivity index (χ1) is 15.8. The van der Waals surface area contributed by atoms with Gasteiger partial charge in [-0.2, -0.15) is 0 Å². The van der Waals surface area contributed by atoms with E-state index in [1.54, 1.807) is 35.6 Å². The highest BCUT2D eigenvalue weighted by atomic mass is 35.5. The Kier molecular flexibility index (Phi) is 6.42. The molecule has 33 heavy (non-hydrogen) atoms. The number of halogens is 1. The van der Waals surface area contributed by atoms with Gasteiger partial charge in [0.05, 0.1) is 23.3 Å². The van der Waals surface area contributed by atoms with Crippen molar-refractivity contribution in [3.63, 3.8) is 0 Å². The number of rotatable bonds is 5. The van der Waals surface area contributed by atoms with Crippen molar-refractivity contribution in [1.29, 1.82) is 0 Å². The molecule has 1 aliphatic heterocycles. The SMILES string of the molecule is CC1(C)Cc2c(sc3nc(SCC(=O)c4ccc(Cl)cc4)n(C4CCCCC4)c(=O)c23)CO1. The first-order valence-electron chi connectivity index (χ1n) is 11.4. The number of hydrogen-bond donors (Lipinski definition) is 0. The molecule has 0 bridgehead atoms. The van der Waals surface area contributed by atoms with Gasteiger partial charge in [-0.3, -0.25) is 14.2 Å². The predicted octanol–water partition coefficient (Wildman–Crippen LogP) is 6.44. The van der Waals surface area contributed by atoms with Crippen molar-refractivity contribution >= 4 is 50.7 Å². The molecule has 0 saturated heterocycles. The van der Waals surface area contributed by atoms with Gasteiger partial charge in [-0.15, -0.1) is 11.3 Å². The molecule has 3 heterocycles. The summed E-state index contributed by atoms with van der Waals surface area (Å²) >= 11 is 8.88. The van der Waals surface area contributed by atoms with Crippen LogP contribution in [0.1, 0.15) is 72.8 Å². The van der Waals surface area contributed by atoms with Gasteiger partial charge in [0.1, 0.15) is 4.83 Å². The number of ether oxygens (including phenoxy) is 1. The van der Waals surface area contributed by atoms with Gasteiger partial charge in [-0.05, 0) is 56.5 Å². The lowest BCUT2D eigenvalue weighted by molar-refractivity contribution is -0.0379. The summed E-state index contributed by atoms with van der Waals surface area (Å²) in [7, 11) is 0. The third-order valence-corrected chi connectivity index (χ3v) is 8.85. The van der Waals surface area contributed by atoms with Crippen LogP contribution in [0.4, 0.5) is 0 Å². The summed E-state index contributed by atoms with van der Waals surface area (Å²) < 4.78 is 7.89. The summed E-state index contributed by atoms with van der Waals surface area (Å²) in [5.74, 6) is 0.231. The van der Waals surface area contributed by atoms with Crippen molar-refractivity contribution in [2.75, 3.05) is 5.75 Å². The van der Waals surface area contributed by atoms with Crippen molar-refractivity contribution in [2.24, 2.45) is 0 Å². The number of carbonyl (C=O) groups excluding carboxylic acids is 1. The van der Waals surface area contributed by atoms with Crippen LogP contribution >= 0.6 is 34.7 Å². The van der Waals surface area contributed by atoms with Gasteiger partial charge in [0.25, 0.3) is 5.56 Å². The third kappa shape index (κ3) is 4.65. The lowest BCUT2D eigenvalue weighted by Gasteiger charge is -2.30. The molecular weight excluding hydrogens is 476 g/mol. The maximum atomic E-state index is 13.9. The third-order valence-electron chi connectivity index (χ3n) is 6.54. The van der Waals surface area contributed by atoms with Crippen molar-refractivity contribution in [1.82, 2.24) is 9.55 Å². The van der Waals surface area contributed by atoms with Crippen LogP contribution in [0.25, 0.3) is 10.2 Å². The van der Waals surface area contributed by atoms with Crippen LogP contribution in [-0.2, 0) is 17.8 Å².